The van der Waals surface area contributed by atoms with Crippen molar-refractivity contribution in [1.29, 1.82) is 0 Å². The van der Waals surface area contributed by atoms with Crippen molar-refractivity contribution in [3.8, 4) is 5.75 Å². The van der Waals surface area contributed by atoms with Crippen molar-refractivity contribution >= 4 is 0 Å². The van der Waals surface area contributed by atoms with Crippen LogP contribution in [0.25, 0.3) is 0 Å². The monoisotopic (exact) mass is 232 g/mol. The molecule has 1 atom stereocenters. The topological polar surface area (TPSA) is 29.5 Å². The number of ether oxygens (including phenoxy) is 1. The first-order valence-corrected chi connectivity index (χ1v) is 5.29. The van der Waals surface area contributed by atoms with E-state index in [1.807, 2.05) is 6.07 Å². The summed E-state index contributed by atoms with van der Waals surface area (Å²) < 4.78 is 18.6. The van der Waals surface area contributed by atoms with Gasteiger partial charge in [-0.2, -0.15) is 0 Å². The minimum Gasteiger partial charge on any atom is -0.497 e. The molecule has 0 heterocycles. The summed E-state index contributed by atoms with van der Waals surface area (Å²) in [5, 5.41) is 10.1. The van der Waals surface area contributed by atoms with Crippen molar-refractivity contribution in [2.75, 3.05) is 7.11 Å². The van der Waals surface area contributed by atoms with Crippen LogP contribution in [0.3, 0.4) is 0 Å². The standard InChI is InChI=1S/C14H13FO2/c1-17-11-7-8-12(13(15)9-11)14(16)10-5-3-2-4-6-10/h2-9,14,16H,1H3. The molecular weight excluding hydrogens is 219 g/mol. The van der Waals surface area contributed by atoms with E-state index < -0.39 is 11.9 Å². The summed E-state index contributed by atoms with van der Waals surface area (Å²) in [5.41, 5.74) is 0.911. The zero-order valence-corrected chi connectivity index (χ0v) is 9.43. The maximum atomic E-state index is 13.7. The molecule has 0 aliphatic rings. The average Bonchev–Trinajstić information content (AvgIpc) is 2.39. The number of aliphatic hydroxyl groups is 1. The molecular formula is C14H13FO2. The van der Waals surface area contributed by atoms with Crippen LogP contribution in [-0.2, 0) is 0 Å². The Balaban J connectivity index is 2.34. The Bertz CT molecular complexity index is 497. The van der Waals surface area contributed by atoms with E-state index in [4.69, 9.17) is 4.74 Å². The van der Waals surface area contributed by atoms with Crippen LogP contribution in [0.5, 0.6) is 5.75 Å². The van der Waals surface area contributed by atoms with E-state index >= 15 is 0 Å². The molecule has 0 saturated heterocycles. The summed E-state index contributed by atoms with van der Waals surface area (Å²) in [4.78, 5) is 0. The molecule has 1 unspecified atom stereocenters. The van der Waals surface area contributed by atoms with Crippen molar-refractivity contribution in [3.05, 3.63) is 65.5 Å². The van der Waals surface area contributed by atoms with Gasteiger partial charge in [0.2, 0.25) is 0 Å². The predicted octanol–water partition coefficient (Wildman–Crippen LogP) is 2.92. The minimum atomic E-state index is -0.956. The van der Waals surface area contributed by atoms with Crippen LogP contribution in [0, 0.1) is 5.82 Å². The van der Waals surface area contributed by atoms with Crippen molar-refractivity contribution in [3.63, 3.8) is 0 Å². The highest BCUT2D eigenvalue weighted by Crippen LogP contribution is 2.26. The van der Waals surface area contributed by atoms with Gasteiger partial charge in [0.25, 0.3) is 0 Å². The molecule has 0 fully saturated rings. The summed E-state index contributed by atoms with van der Waals surface area (Å²) in [7, 11) is 1.47. The summed E-state index contributed by atoms with van der Waals surface area (Å²) >= 11 is 0. The lowest BCUT2D eigenvalue weighted by atomic mass is 10.0. The molecule has 0 aromatic heterocycles. The third kappa shape index (κ3) is 2.45. The number of hydrogen-bond acceptors (Lipinski definition) is 2. The Labute approximate surface area is 99.3 Å². The normalized spacial score (nSPS) is 12.2. The minimum absolute atomic E-state index is 0.247. The maximum absolute atomic E-state index is 13.7. The lowest BCUT2D eigenvalue weighted by Crippen LogP contribution is -2.02. The number of hydrogen-bond donors (Lipinski definition) is 1. The van der Waals surface area contributed by atoms with Gasteiger partial charge < -0.3 is 9.84 Å². The van der Waals surface area contributed by atoms with Crippen molar-refractivity contribution in [2.24, 2.45) is 0 Å². The van der Waals surface area contributed by atoms with Crippen LogP contribution in [0.1, 0.15) is 17.2 Å². The Morgan fingerprint density at radius 2 is 1.82 bits per heavy atom. The quantitative estimate of drug-likeness (QED) is 0.881. The molecule has 0 amide bonds. The van der Waals surface area contributed by atoms with Crippen LogP contribution < -0.4 is 4.74 Å². The Morgan fingerprint density at radius 1 is 1.12 bits per heavy atom. The molecule has 0 bridgehead atoms. The number of aliphatic hydroxyl groups excluding tert-OH is 1. The third-order valence-electron chi connectivity index (χ3n) is 2.62. The molecule has 0 radical (unpaired) electrons. The zero-order chi connectivity index (χ0) is 12.3. The van der Waals surface area contributed by atoms with Crippen molar-refractivity contribution < 1.29 is 14.2 Å². The van der Waals surface area contributed by atoms with E-state index in [0.717, 1.165) is 0 Å². The molecule has 88 valence electrons. The summed E-state index contributed by atoms with van der Waals surface area (Å²) in [6, 6.07) is 13.4. The maximum Gasteiger partial charge on any atom is 0.133 e. The van der Waals surface area contributed by atoms with Gasteiger partial charge in [0.1, 0.15) is 17.7 Å². The molecule has 1 N–H and O–H groups in total. The predicted molar refractivity (Wildman–Crippen MR) is 63.5 cm³/mol. The molecule has 2 rings (SSSR count). The molecule has 2 aromatic carbocycles. The molecule has 2 aromatic rings. The Kier molecular flexibility index (Phi) is 3.40. The van der Waals surface area contributed by atoms with E-state index in [1.54, 1.807) is 30.3 Å². The van der Waals surface area contributed by atoms with Gasteiger partial charge in [0.15, 0.2) is 0 Å². The lowest BCUT2D eigenvalue weighted by Gasteiger charge is -2.13. The number of halogens is 1. The smallest absolute Gasteiger partial charge is 0.133 e. The van der Waals surface area contributed by atoms with Gasteiger partial charge in [0, 0.05) is 11.6 Å². The second kappa shape index (κ2) is 4.97. The van der Waals surface area contributed by atoms with Crippen molar-refractivity contribution in [2.45, 2.75) is 6.10 Å². The Hall–Kier alpha value is -1.87. The van der Waals surface area contributed by atoms with Crippen LogP contribution in [0.15, 0.2) is 48.5 Å². The van der Waals surface area contributed by atoms with Gasteiger partial charge >= 0.3 is 0 Å². The number of benzene rings is 2. The highest BCUT2D eigenvalue weighted by atomic mass is 19.1. The first-order chi connectivity index (χ1) is 8.22. The van der Waals surface area contributed by atoms with Gasteiger partial charge in [-0.25, -0.2) is 4.39 Å². The first kappa shape index (κ1) is 11.6. The van der Waals surface area contributed by atoms with E-state index in [1.165, 1.54) is 19.2 Å². The SMILES string of the molecule is COc1ccc(C(O)c2ccccc2)c(F)c1. The van der Waals surface area contributed by atoms with E-state index in [-0.39, 0.29) is 5.56 Å². The molecule has 2 nitrogen and oxygen atoms in total. The molecule has 3 heteroatoms. The van der Waals surface area contributed by atoms with Gasteiger partial charge in [-0.15, -0.1) is 0 Å². The zero-order valence-electron chi connectivity index (χ0n) is 9.43. The third-order valence-corrected chi connectivity index (χ3v) is 2.62. The van der Waals surface area contributed by atoms with Crippen molar-refractivity contribution in [1.82, 2.24) is 0 Å². The number of methoxy groups -OCH3 is 1. The first-order valence-electron chi connectivity index (χ1n) is 5.29. The van der Waals surface area contributed by atoms with Gasteiger partial charge in [-0.05, 0) is 17.7 Å². The highest BCUT2D eigenvalue weighted by molar-refractivity contribution is 5.35. The summed E-state index contributed by atoms with van der Waals surface area (Å²) in [6.45, 7) is 0. The van der Waals surface area contributed by atoms with E-state index in [0.29, 0.717) is 11.3 Å². The Morgan fingerprint density at radius 3 is 2.41 bits per heavy atom. The average molecular weight is 232 g/mol. The lowest BCUT2D eigenvalue weighted by molar-refractivity contribution is 0.214. The summed E-state index contributed by atoms with van der Waals surface area (Å²) in [5.74, 6) is -0.0350. The molecule has 0 aliphatic heterocycles. The number of rotatable bonds is 3. The molecule has 0 spiro atoms. The van der Waals surface area contributed by atoms with Gasteiger partial charge in [-0.1, -0.05) is 30.3 Å². The van der Waals surface area contributed by atoms with Crippen LogP contribution >= 0.6 is 0 Å². The van der Waals surface area contributed by atoms with Gasteiger partial charge in [0.05, 0.1) is 7.11 Å². The fourth-order valence-corrected chi connectivity index (χ4v) is 1.67. The summed E-state index contributed by atoms with van der Waals surface area (Å²) in [6.07, 6.45) is -0.956. The fraction of sp³-hybridized carbons (Fsp3) is 0.143. The van der Waals surface area contributed by atoms with Crippen LogP contribution in [0.4, 0.5) is 4.39 Å². The van der Waals surface area contributed by atoms with E-state index in [2.05, 4.69) is 0 Å². The molecule has 0 saturated carbocycles. The second-order valence-electron chi connectivity index (χ2n) is 3.70. The van der Waals surface area contributed by atoms with Crippen LogP contribution in [0.2, 0.25) is 0 Å². The molecule has 0 aliphatic carbocycles. The van der Waals surface area contributed by atoms with Crippen LogP contribution in [-0.4, -0.2) is 12.2 Å². The van der Waals surface area contributed by atoms with E-state index in [9.17, 15) is 9.50 Å². The molecule has 17 heavy (non-hydrogen) atoms. The largest absolute Gasteiger partial charge is 0.497 e. The fourth-order valence-electron chi connectivity index (χ4n) is 1.67. The highest BCUT2D eigenvalue weighted by Gasteiger charge is 2.15. The second-order valence-corrected chi connectivity index (χ2v) is 3.70. The van der Waals surface area contributed by atoms with Gasteiger partial charge in [-0.3, -0.25) is 0 Å².